The number of sulfonamides is 1. The molecule has 0 spiro atoms. The number of hydrogen-bond acceptors (Lipinski definition) is 8. The van der Waals surface area contributed by atoms with Gasteiger partial charge >= 0.3 is 0 Å². The number of anilines is 3. The van der Waals surface area contributed by atoms with Gasteiger partial charge in [0, 0.05) is 51.9 Å². The number of carbonyl (C=O) groups excluding carboxylic acids is 1. The standard InChI is InChI=1S/C21H28N6O4S/c1-16(28)23-17-4-6-19(7-5-17)32(29,30)27-12-10-26(11-13-27)21-9-8-20(24-25-21)22-15-18-3-2-14-31-18/h4-9,18H,2-3,10-15H2,1H3,(H,22,24)(H,23,28). The van der Waals surface area contributed by atoms with Gasteiger partial charge in [-0.25, -0.2) is 8.42 Å². The average Bonchev–Trinajstić information content (AvgIpc) is 3.32. The Morgan fingerprint density at radius 2 is 1.84 bits per heavy atom. The molecular weight excluding hydrogens is 432 g/mol. The van der Waals surface area contributed by atoms with Crippen molar-refractivity contribution in [3.63, 3.8) is 0 Å². The molecule has 2 saturated heterocycles. The highest BCUT2D eigenvalue weighted by Crippen LogP contribution is 2.22. The molecule has 0 radical (unpaired) electrons. The summed E-state index contributed by atoms with van der Waals surface area (Å²) in [7, 11) is -3.60. The maximum Gasteiger partial charge on any atom is 0.243 e. The summed E-state index contributed by atoms with van der Waals surface area (Å²) in [6.45, 7) is 4.72. The van der Waals surface area contributed by atoms with E-state index in [-0.39, 0.29) is 16.9 Å². The first-order valence-corrected chi connectivity index (χ1v) is 12.2. The third kappa shape index (κ3) is 5.34. The van der Waals surface area contributed by atoms with Crippen molar-refractivity contribution in [2.75, 3.05) is 54.9 Å². The Balaban J connectivity index is 1.31. The van der Waals surface area contributed by atoms with Crippen LogP contribution in [0.2, 0.25) is 0 Å². The molecular formula is C21H28N6O4S. The number of piperazine rings is 1. The maximum atomic E-state index is 13.0. The van der Waals surface area contributed by atoms with Crippen LogP contribution in [0.3, 0.4) is 0 Å². The number of aromatic nitrogens is 2. The SMILES string of the molecule is CC(=O)Nc1ccc(S(=O)(=O)N2CCN(c3ccc(NCC4CCCO4)nn3)CC2)cc1. The number of carbonyl (C=O) groups is 1. The average molecular weight is 461 g/mol. The molecule has 3 heterocycles. The fourth-order valence-corrected chi connectivity index (χ4v) is 5.25. The van der Waals surface area contributed by atoms with Crippen LogP contribution in [0.25, 0.3) is 0 Å². The Morgan fingerprint density at radius 1 is 1.09 bits per heavy atom. The van der Waals surface area contributed by atoms with E-state index in [0.29, 0.717) is 37.7 Å². The van der Waals surface area contributed by atoms with Gasteiger partial charge in [0.15, 0.2) is 5.82 Å². The van der Waals surface area contributed by atoms with Gasteiger partial charge in [-0.15, -0.1) is 10.2 Å². The summed E-state index contributed by atoms with van der Waals surface area (Å²) in [6.07, 6.45) is 2.39. The highest BCUT2D eigenvalue weighted by atomic mass is 32.2. The van der Waals surface area contributed by atoms with Crippen molar-refractivity contribution < 1.29 is 17.9 Å². The van der Waals surface area contributed by atoms with Crippen LogP contribution in [0.4, 0.5) is 17.3 Å². The third-order valence-corrected chi connectivity index (χ3v) is 7.47. The highest BCUT2D eigenvalue weighted by molar-refractivity contribution is 7.89. The van der Waals surface area contributed by atoms with Gasteiger partial charge in [-0.2, -0.15) is 4.31 Å². The van der Waals surface area contributed by atoms with E-state index in [1.54, 1.807) is 12.1 Å². The molecule has 1 aromatic heterocycles. The van der Waals surface area contributed by atoms with E-state index in [2.05, 4.69) is 20.8 Å². The minimum absolute atomic E-state index is 0.202. The number of amides is 1. The maximum absolute atomic E-state index is 13.0. The van der Waals surface area contributed by atoms with Crippen molar-refractivity contribution in [1.82, 2.24) is 14.5 Å². The molecule has 2 fully saturated rings. The van der Waals surface area contributed by atoms with Gasteiger partial charge in [0.05, 0.1) is 11.0 Å². The van der Waals surface area contributed by atoms with Crippen molar-refractivity contribution in [3.8, 4) is 0 Å². The minimum Gasteiger partial charge on any atom is -0.376 e. The second-order valence-electron chi connectivity index (χ2n) is 7.89. The second-order valence-corrected chi connectivity index (χ2v) is 9.83. The molecule has 2 aromatic rings. The van der Waals surface area contributed by atoms with Gasteiger partial charge in [0.1, 0.15) is 5.82 Å². The van der Waals surface area contributed by atoms with Crippen LogP contribution in [-0.4, -0.2) is 74.3 Å². The third-order valence-electron chi connectivity index (χ3n) is 5.56. The summed E-state index contributed by atoms with van der Waals surface area (Å²) in [5.74, 6) is 1.23. The second kappa shape index (κ2) is 9.80. The van der Waals surface area contributed by atoms with E-state index in [1.807, 2.05) is 17.0 Å². The Labute approximate surface area is 188 Å². The quantitative estimate of drug-likeness (QED) is 0.639. The lowest BCUT2D eigenvalue weighted by molar-refractivity contribution is -0.114. The first-order valence-electron chi connectivity index (χ1n) is 10.7. The molecule has 1 unspecified atom stereocenters. The van der Waals surface area contributed by atoms with E-state index in [4.69, 9.17) is 4.74 Å². The van der Waals surface area contributed by atoms with E-state index in [9.17, 15) is 13.2 Å². The molecule has 0 saturated carbocycles. The normalized spacial score (nSPS) is 19.7. The topological polar surface area (TPSA) is 117 Å². The summed E-state index contributed by atoms with van der Waals surface area (Å²) in [5, 5.41) is 14.4. The molecule has 2 aliphatic heterocycles. The smallest absolute Gasteiger partial charge is 0.243 e. The van der Waals surface area contributed by atoms with Crippen LogP contribution < -0.4 is 15.5 Å². The van der Waals surface area contributed by atoms with Gasteiger partial charge in [-0.1, -0.05) is 0 Å². The van der Waals surface area contributed by atoms with Crippen LogP contribution in [0, 0.1) is 0 Å². The van der Waals surface area contributed by atoms with Crippen LogP contribution in [0.1, 0.15) is 19.8 Å². The largest absolute Gasteiger partial charge is 0.376 e. The van der Waals surface area contributed by atoms with Crippen molar-refractivity contribution in [2.45, 2.75) is 30.8 Å². The molecule has 1 amide bonds. The van der Waals surface area contributed by atoms with Gasteiger partial charge < -0.3 is 20.3 Å². The molecule has 172 valence electrons. The molecule has 10 nitrogen and oxygen atoms in total. The molecule has 2 N–H and O–H groups in total. The lowest BCUT2D eigenvalue weighted by Gasteiger charge is -2.34. The van der Waals surface area contributed by atoms with E-state index >= 15 is 0 Å². The lowest BCUT2D eigenvalue weighted by Crippen LogP contribution is -2.49. The van der Waals surface area contributed by atoms with Gasteiger partial charge in [0.2, 0.25) is 15.9 Å². The molecule has 2 aliphatic rings. The Morgan fingerprint density at radius 3 is 2.44 bits per heavy atom. The van der Waals surface area contributed by atoms with Crippen molar-refractivity contribution >= 4 is 33.3 Å². The van der Waals surface area contributed by atoms with Gasteiger partial charge in [-0.3, -0.25) is 4.79 Å². The van der Waals surface area contributed by atoms with Gasteiger partial charge in [0.25, 0.3) is 0 Å². The minimum atomic E-state index is -3.60. The number of rotatable bonds is 7. The van der Waals surface area contributed by atoms with E-state index in [0.717, 1.165) is 31.8 Å². The van der Waals surface area contributed by atoms with Crippen molar-refractivity contribution in [1.29, 1.82) is 0 Å². The van der Waals surface area contributed by atoms with Crippen LogP contribution >= 0.6 is 0 Å². The number of ether oxygens (including phenoxy) is 1. The predicted octanol–water partition coefficient (Wildman–Crippen LogP) is 1.54. The summed E-state index contributed by atoms with van der Waals surface area (Å²) in [5.41, 5.74) is 0.563. The Hall–Kier alpha value is -2.76. The van der Waals surface area contributed by atoms with E-state index in [1.165, 1.54) is 23.4 Å². The van der Waals surface area contributed by atoms with Crippen molar-refractivity contribution in [3.05, 3.63) is 36.4 Å². The van der Waals surface area contributed by atoms with Crippen molar-refractivity contribution in [2.24, 2.45) is 0 Å². The van der Waals surface area contributed by atoms with Gasteiger partial charge in [-0.05, 0) is 49.2 Å². The predicted molar refractivity (Wildman–Crippen MR) is 121 cm³/mol. The molecule has 0 aliphatic carbocycles. The molecule has 4 rings (SSSR count). The first kappa shape index (κ1) is 22.4. The summed E-state index contributed by atoms with van der Waals surface area (Å²) < 4.78 is 33.0. The zero-order valence-corrected chi connectivity index (χ0v) is 18.8. The fraction of sp³-hybridized carbons (Fsp3) is 0.476. The van der Waals surface area contributed by atoms with Crippen LogP contribution in [-0.2, 0) is 19.6 Å². The molecule has 32 heavy (non-hydrogen) atoms. The highest BCUT2D eigenvalue weighted by Gasteiger charge is 2.29. The zero-order chi connectivity index (χ0) is 22.6. The molecule has 0 bridgehead atoms. The number of benzene rings is 1. The summed E-state index contributed by atoms with van der Waals surface area (Å²) in [4.78, 5) is 13.4. The fourth-order valence-electron chi connectivity index (χ4n) is 3.83. The van der Waals surface area contributed by atoms with Crippen LogP contribution in [0.5, 0.6) is 0 Å². The first-order chi connectivity index (χ1) is 15.4. The lowest BCUT2D eigenvalue weighted by atomic mass is 10.2. The Bertz CT molecular complexity index is 1020. The van der Waals surface area contributed by atoms with Crippen LogP contribution in [0.15, 0.2) is 41.3 Å². The molecule has 1 atom stereocenters. The zero-order valence-electron chi connectivity index (χ0n) is 18.0. The monoisotopic (exact) mass is 460 g/mol. The summed E-state index contributed by atoms with van der Waals surface area (Å²) >= 11 is 0. The van der Waals surface area contributed by atoms with E-state index < -0.39 is 10.0 Å². The molecule has 11 heteroatoms. The number of nitrogens with one attached hydrogen (secondary N) is 2. The molecule has 1 aromatic carbocycles. The number of nitrogens with zero attached hydrogens (tertiary/aromatic N) is 4. The number of hydrogen-bond donors (Lipinski definition) is 2. The Kier molecular flexibility index (Phi) is 6.87. The summed E-state index contributed by atoms with van der Waals surface area (Å²) in [6, 6.07) is 10.00.